The van der Waals surface area contributed by atoms with Crippen LogP contribution in [0.5, 0.6) is 0 Å². The summed E-state index contributed by atoms with van der Waals surface area (Å²) in [5, 5.41) is 11.7. The predicted octanol–water partition coefficient (Wildman–Crippen LogP) is 2.26. The zero-order valence-electron chi connectivity index (χ0n) is 11.8. The van der Waals surface area contributed by atoms with Gasteiger partial charge in [-0.05, 0) is 32.1 Å². The number of amides is 1. The van der Waals surface area contributed by atoms with Gasteiger partial charge in [-0.15, -0.1) is 10.2 Å². The van der Waals surface area contributed by atoms with Gasteiger partial charge < -0.3 is 9.88 Å². The van der Waals surface area contributed by atoms with E-state index < -0.39 is 0 Å². The van der Waals surface area contributed by atoms with Crippen LogP contribution in [0, 0.1) is 5.92 Å². The normalized spacial score (nSPS) is 16.6. The fraction of sp³-hybridized carbons (Fsp3) is 0.769. The van der Waals surface area contributed by atoms with Crippen LogP contribution >= 0.6 is 11.8 Å². The second kappa shape index (κ2) is 6.41. The Balaban J connectivity index is 1.80. The number of hydrogen-bond acceptors (Lipinski definition) is 4. The fourth-order valence-corrected chi connectivity index (χ4v) is 2.68. The van der Waals surface area contributed by atoms with Gasteiger partial charge in [0.05, 0.1) is 5.25 Å². The zero-order chi connectivity index (χ0) is 13.8. The minimum Gasteiger partial charge on any atom is -0.355 e. The van der Waals surface area contributed by atoms with Crippen molar-refractivity contribution in [1.29, 1.82) is 0 Å². The molecule has 6 heteroatoms. The van der Waals surface area contributed by atoms with Gasteiger partial charge in [-0.3, -0.25) is 4.79 Å². The minimum absolute atomic E-state index is 0.0796. The van der Waals surface area contributed by atoms with Gasteiger partial charge in [0.1, 0.15) is 6.33 Å². The van der Waals surface area contributed by atoms with Gasteiger partial charge in [-0.2, -0.15) is 0 Å². The molecule has 1 aromatic heterocycles. The quantitative estimate of drug-likeness (QED) is 0.779. The number of thioether (sulfide) groups is 1. The average molecular weight is 282 g/mol. The minimum atomic E-state index is -0.131. The maximum atomic E-state index is 12.0. The molecular formula is C13H22N4OS. The van der Waals surface area contributed by atoms with Crippen LogP contribution in [0.1, 0.15) is 46.1 Å². The highest BCUT2D eigenvalue weighted by Crippen LogP contribution is 2.37. The molecule has 2 rings (SSSR count). The van der Waals surface area contributed by atoms with Crippen molar-refractivity contribution in [1.82, 2.24) is 20.1 Å². The molecule has 0 saturated heterocycles. The van der Waals surface area contributed by atoms with Crippen molar-refractivity contribution in [3.63, 3.8) is 0 Å². The zero-order valence-corrected chi connectivity index (χ0v) is 12.6. The lowest BCUT2D eigenvalue weighted by Crippen LogP contribution is -2.32. The van der Waals surface area contributed by atoms with Crippen molar-refractivity contribution >= 4 is 17.7 Å². The Morgan fingerprint density at radius 3 is 2.89 bits per heavy atom. The van der Waals surface area contributed by atoms with Crippen LogP contribution in [0.3, 0.4) is 0 Å². The maximum absolute atomic E-state index is 12.0. The van der Waals surface area contributed by atoms with E-state index in [-0.39, 0.29) is 11.2 Å². The maximum Gasteiger partial charge on any atom is 0.233 e. The van der Waals surface area contributed by atoms with E-state index in [0.29, 0.717) is 12.0 Å². The van der Waals surface area contributed by atoms with Crippen LogP contribution in [-0.4, -0.2) is 32.5 Å². The topological polar surface area (TPSA) is 59.8 Å². The largest absolute Gasteiger partial charge is 0.355 e. The summed E-state index contributed by atoms with van der Waals surface area (Å²) in [5.74, 6) is 0.692. The smallest absolute Gasteiger partial charge is 0.233 e. The first-order chi connectivity index (χ1) is 9.08. The molecule has 1 aliphatic carbocycles. The molecule has 19 heavy (non-hydrogen) atoms. The van der Waals surface area contributed by atoms with E-state index in [9.17, 15) is 4.79 Å². The fourth-order valence-electron chi connectivity index (χ4n) is 1.76. The van der Waals surface area contributed by atoms with E-state index in [4.69, 9.17) is 0 Å². The van der Waals surface area contributed by atoms with Gasteiger partial charge in [0.15, 0.2) is 5.16 Å². The van der Waals surface area contributed by atoms with Crippen molar-refractivity contribution in [2.24, 2.45) is 5.92 Å². The van der Waals surface area contributed by atoms with Gasteiger partial charge >= 0.3 is 0 Å². The van der Waals surface area contributed by atoms with Crippen LogP contribution in [0.2, 0.25) is 0 Å². The molecule has 0 aliphatic heterocycles. The molecule has 1 amide bonds. The summed E-state index contributed by atoms with van der Waals surface area (Å²) >= 11 is 1.49. The van der Waals surface area contributed by atoms with Gasteiger partial charge in [0, 0.05) is 12.6 Å². The number of carbonyl (C=O) groups excluding carboxylic acids is 1. The van der Waals surface area contributed by atoms with E-state index in [0.717, 1.165) is 18.1 Å². The van der Waals surface area contributed by atoms with Crippen molar-refractivity contribution in [2.75, 3.05) is 6.54 Å². The average Bonchev–Trinajstić information content (AvgIpc) is 3.09. The summed E-state index contributed by atoms with van der Waals surface area (Å²) < 4.78 is 2.09. The van der Waals surface area contributed by atoms with E-state index >= 15 is 0 Å². The summed E-state index contributed by atoms with van der Waals surface area (Å²) in [5.41, 5.74) is 0. The molecule has 0 radical (unpaired) electrons. The summed E-state index contributed by atoms with van der Waals surface area (Å²) in [6.07, 6.45) is 5.17. The second-order valence-corrected chi connectivity index (χ2v) is 6.79. The van der Waals surface area contributed by atoms with Crippen molar-refractivity contribution < 1.29 is 4.79 Å². The SMILES string of the molecule is CC(C)CCNC(=O)C(C)Sc1nncn1C1CC1. The molecule has 1 aromatic rings. The number of nitrogens with zero attached hydrogens (tertiary/aromatic N) is 3. The number of aromatic nitrogens is 3. The standard InChI is InChI=1S/C13H22N4OS/c1-9(2)6-7-14-12(18)10(3)19-13-16-15-8-17(13)11-4-5-11/h8-11H,4-7H2,1-3H3,(H,14,18). The Morgan fingerprint density at radius 1 is 1.53 bits per heavy atom. The Hall–Kier alpha value is -1.04. The summed E-state index contributed by atoms with van der Waals surface area (Å²) in [7, 11) is 0. The van der Waals surface area contributed by atoms with Gasteiger partial charge in [-0.1, -0.05) is 25.6 Å². The third-order valence-corrected chi connectivity index (χ3v) is 4.22. The molecular weight excluding hydrogens is 260 g/mol. The second-order valence-electron chi connectivity index (χ2n) is 5.49. The highest BCUT2D eigenvalue weighted by Gasteiger charge is 2.27. The molecule has 5 nitrogen and oxygen atoms in total. The first-order valence-electron chi connectivity index (χ1n) is 6.91. The highest BCUT2D eigenvalue weighted by molar-refractivity contribution is 8.00. The van der Waals surface area contributed by atoms with Crippen LogP contribution in [0.25, 0.3) is 0 Å². The first-order valence-corrected chi connectivity index (χ1v) is 7.79. The molecule has 1 atom stereocenters. The van der Waals surface area contributed by atoms with E-state index in [1.54, 1.807) is 6.33 Å². The Bertz CT molecular complexity index is 428. The van der Waals surface area contributed by atoms with Gasteiger partial charge in [-0.25, -0.2) is 0 Å². The lowest BCUT2D eigenvalue weighted by atomic mass is 10.1. The molecule has 1 fully saturated rings. The Labute approximate surface area is 118 Å². The van der Waals surface area contributed by atoms with Crippen LogP contribution < -0.4 is 5.32 Å². The van der Waals surface area contributed by atoms with Crippen LogP contribution in [0.15, 0.2) is 11.5 Å². The number of rotatable bonds is 7. The summed E-state index contributed by atoms with van der Waals surface area (Å²) in [4.78, 5) is 12.0. The molecule has 1 unspecified atom stereocenters. The molecule has 106 valence electrons. The third-order valence-electron chi connectivity index (χ3n) is 3.15. The molecule has 0 bridgehead atoms. The highest BCUT2D eigenvalue weighted by atomic mass is 32.2. The molecule has 1 heterocycles. The van der Waals surface area contributed by atoms with Crippen molar-refractivity contribution in [3.8, 4) is 0 Å². The van der Waals surface area contributed by atoms with Crippen molar-refractivity contribution in [2.45, 2.75) is 56.5 Å². The monoisotopic (exact) mass is 282 g/mol. The molecule has 0 aromatic carbocycles. The lowest BCUT2D eigenvalue weighted by molar-refractivity contribution is -0.120. The lowest BCUT2D eigenvalue weighted by Gasteiger charge is -2.12. The van der Waals surface area contributed by atoms with E-state index in [1.165, 1.54) is 24.6 Å². The molecule has 0 spiro atoms. The predicted molar refractivity (Wildman–Crippen MR) is 76.1 cm³/mol. The third kappa shape index (κ3) is 4.23. The molecule has 1 aliphatic rings. The van der Waals surface area contributed by atoms with E-state index in [1.807, 2.05) is 6.92 Å². The van der Waals surface area contributed by atoms with Crippen molar-refractivity contribution in [3.05, 3.63) is 6.33 Å². The van der Waals surface area contributed by atoms with E-state index in [2.05, 4.69) is 33.9 Å². The Morgan fingerprint density at radius 2 is 2.26 bits per heavy atom. The van der Waals surface area contributed by atoms with Gasteiger partial charge in [0.2, 0.25) is 5.91 Å². The number of hydrogen-bond donors (Lipinski definition) is 1. The first kappa shape index (κ1) is 14.4. The molecule has 1 saturated carbocycles. The Kier molecular flexibility index (Phi) is 4.85. The number of carbonyl (C=O) groups is 1. The number of nitrogens with one attached hydrogen (secondary N) is 1. The van der Waals surface area contributed by atoms with Crippen LogP contribution in [-0.2, 0) is 4.79 Å². The summed E-state index contributed by atoms with van der Waals surface area (Å²) in [6.45, 7) is 6.98. The summed E-state index contributed by atoms with van der Waals surface area (Å²) in [6, 6.07) is 0.550. The van der Waals surface area contributed by atoms with Crippen LogP contribution in [0.4, 0.5) is 0 Å². The van der Waals surface area contributed by atoms with Gasteiger partial charge in [0.25, 0.3) is 0 Å². The molecule has 1 N–H and O–H groups in total.